The number of hydrogen-bond acceptors (Lipinski definition) is 5. The van der Waals surface area contributed by atoms with E-state index in [-0.39, 0.29) is 17.7 Å². The van der Waals surface area contributed by atoms with Gasteiger partial charge in [-0.1, -0.05) is 12.1 Å². The van der Waals surface area contributed by atoms with Crippen molar-refractivity contribution >= 4 is 11.8 Å². The molecule has 1 aromatic heterocycles. The van der Waals surface area contributed by atoms with Gasteiger partial charge in [-0.25, -0.2) is 4.98 Å². The summed E-state index contributed by atoms with van der Waals surface area (Å²) in [4.78, 5) is 30.5. The summed E-state index contributed by atoms with van der Waals surface area (Å²) in [7, 11) is 0. The Kier molecular flexibility index (Phi) is 5.29. The van der Waals surface area contributed by atoms with Crippen LogP contribution in [0.15, 0.2) is 30.6 Å². The van der Waals surface area contributed by atoms with E-state index in [1.807, 2.05) is 28.8 Å². The van der Waals surface area contributed by atoms with Crippen molar-refractivity contribution in [1.82, 2.24) is 19.8 Å². The number of nitrogens with two attached hydrogens (primary N) is 1. The zero-order valence-electron chi connectivity index (χ0n) is 15.8. The Balaban J connectivity index is 1.30. The van der Waals surface area contributed by atoms with E-state index >= 15 is 0 Å². The highest BCUT2D eigenvalue weighted by atomic mass is 16.5. The van der Waals surface area contributed by atoms with Crippen molar-refractivity contribution in [3.05, 3.63) is 42.0 Å². The molecule has 2 aliphatic heterocycles. The van der Waals surface area contributed by atoms with Gasteiger partial charge in [0, 0.05) is 13.1 Å². The van der Waals surface area contributed by atoms with Gasteiger partial charge in [0.25, 0.3) is 5.91 Å². The summed E-state index contributed by atoms with van der Waals surface area (Å²) in [5.41, 5.74) is 7.48. The van der Waals surface area contributed by atoms with Gasteiger partial charge < -0.3 is 20.7 Å². The lowest BCUT2D eigenvalue weighted by Crippen LogP contribution is -2.42. The zero-order valence-corrected chi connectivity index (χ0v) is 15.8. The van der Waals surface area contributed by atoms with Crippen molar-refractivity contribution in [1.29, 1.82) is 0 Å². The van der Waals surface area contributed by atoms with E-state index in [1.165, 1.54) is 0 Å². The van der Waals surface area contributed by atoms with E-state index in [4.69, 9.17) is 10.5 Å². The molecule has 0 spiro atoms. The molecule has 2 amide bonds. The van der Waals surface area contributed by atoms with Crippen molar-refractivity contribution < 1.29 is 14.3 Å². The number of carbonyl (C=O) groups excluding carboxylic acids is 2. The van der Waals surface area contributed by atoms with Crippen LogP contribution in [0.25, 0.3) is 5.69 Å². The van der Waals surface area contributed by atoms with Gasteiger partial charge in [-0.05, 0) is 44.5 Å². The standard InChI is InChI=1S/C20H25N5O3/c21-19(26)14-5-3-9-24(11-14)10-4-8-22-20(27)18-16-12-28-17-7-2-1-6-15(17)25(16)13-23-18/h1-2,6-7,13-14H,3-5,8-12H2,(H2,21,26)(H,22,27). The molecule has 1 atom stereocenters. The second-order valence-corrected chi connectivity index (χ2v) is 7.32. The minimum Gasteiger partial charge on any atom is -0.485 e. The number of para-hydroxylation sites is 2. The van der Waals surface area contributed by atoms with Gasteiger partial charge in [0.15, 0.2) is 5.69 Å². The van der Waals surface area contributed by atoms with E-state index in [2.05, 4.69) is 15.2 Å². The van der Waals surface area contributed by atoms with Gasteiger partial charge in [0.2, 0.25) is 5.91 Å². The van der Waals surface area contributed by atoms with Crippen molar-refractivity contribution in [2.24, 2.45) is 11.7 Å². The fraction of sp³-hybridized carbons (Fsp3) is 0.450. The summed E-state index contributed by atoms with van der Waals surface area (Å²) in [6, 6.07) is 7.70. The molecule has 1 fully saturated rings. The van der Waals surface area contributed by atoms with Crippen LogP contribution in [0, 0.1) is 5.92 Å². The third kappa shape index (κ3) is 3.73. The third-order valence-corrected chi connectivity index (χ3v) is 5.42. The number of primary amides is 1. The van der Waals surface area contributed by atoms with Gasteiger partial charge in [0.05, 0.1) is 17.3 Å². The van der Waals surface area contributed by atoms with Crippen LogP contribution in [-0.4, -0.2) is 52.4 Å². The molecule has 0 radical (unpaired) electrons. The van der Waals surface area contributed by atoms with Gasteiger partial charge in [-0.3, -0.25) is 14.2 Å². The average Bonchev–Trinajstić information content (AvgIpc) is 3.16. The number of rotatable bonds is 6. The predicted octanol–water partition coefficient (Wildman–Crippen LogP) is 1.08. The van der Waals surface area contributed by atoms with E-state index in [1.54, 1.807) is 6.33 Å². The number of likely N-dealkylation sites (tertiary alicyclic amines) is 1. The van der Waals surface area contributed by atoms with Gasteiger partial charge in [-0.2, -0.15) is 0 Å². The molecule has 0 saturated carbocycles. The highest BCUT2D eigenvalue weighted by molar-refractivity contribution is 5.93. The molecule has 3 N–H and O–H groups in total. The Hall–Kier alpha value is -2.87. The Morgan fingerprint density at radius 2 is 2.18 bits per heavy atom. The van der Waals surface area contributed by atoms with Crippen LogP contribution in [0.5, 0.6) is 5.75 Å². The van der Waals surface area contributed by atoms with E-state index in [0.717, 1.165) is 49.5 Å². The number of nitrogens with zero attached hydrogens (tertiary/aromatic N) is 3. The first kappa shape index (κ1) is 18.5. The van der Waals surface area contributed by atoms with Crippen LogP contribution in [0.4, 0.5) is 0 Å². The summed E-state index contributed by atoms with van der Waals surface area (Å²) in [5, 5.41) is 2.94. The van der Waals surface area contributed by atoms with Crippen LogP contribution in [0.3, 0.4) is 0 Å². The number of carbonyl (C=O) groups is 2. The Bertz CT molecular complexity index is 878. The molecule has 2 aromatic rings. The molecule has 2 aliphatic rings. The maximum absolute atomic E-state index is 12.6. The summed E-state index contributed by atoms with van der Waals surface area (Å²) in [5.74, 6) is 0.329. The molecule has 148 valence electrons. The van der Waals surface area contributed by atoms with Gasteiger partial charge in [-0.15, -0.1) is 0 Å². The first-order chi connectivity index (χ1) is 13.6. The first-order valence-electron chi connectivity index (χ1n) is 9.72. The summed E-state index contributed by atoms with van der Waals surface area (Å²) >= 11 is 0. The van der Waals surface area contributed by atoms with Crippen molar-refractivity contribution in [3.63, 3.8) is 0 Å². The molecule has 8 heteroatoms. The highest BCUT2D eigenvalue weighted by Gasteiger charge is 2.25. The number of nitrogens with one attached hydrogen (secondary N) is 1. The zero-order chi connectivity index (χ0) is 19.5. The molecule has 0 aliphatic carbocycles. The Labute approximate surface area is 163 Å². The topological polar surface area (TPSA) is 102 Å². The highest BCUT2D eigenvalue weighted by Crippen LogP contribution is 2.30. The second kappa shape index (κ2) is 8.02. The number of hydrogen-bond donors (Lipinski definition) is 2. The van der Waals surface area contributed by atoms with Crippen LogP contribution >= 0.6 is 0 Å². The maximum atomic E-state index is 12.6. The molecule has 28 heavy (non-hydrogen) atoms. The van der Waals surface area contributed by atoms with Crippen LogP contribution < -0.4 is 15.8 Å². The molecule has 1 unspecified atom stereocenters. The first-order valence-corrected chi connectivity index (χ1v) is 9.72. The molecule has 4 rings (SSSR count). The molecular formula is C20H25N5O3. The second-order valence-electron chi connectivity index (χ2n) is 7.32. The SMILES string of the molecule is NC(=O)C1CCCN(CCCNC(=O)c2ncn3c2COc2ccccc2-3)C1. The monoisotopic (exact) mass is 383 g/mol. The summed E-state index contributed by atoms with van der Waals surface area (Å²) < 4.78 is 7.66. The minimum atomic E-state index is -0.216. The van der Waals surface area contributed by atoms with Crippen LogP contribution in [0.2, 0.25) is 0 Å². The normalized spacial score (nSPS) is 18.6. The number of benzene rings is 1. The molecule has 3 heterocycles. The Morgan fingerprint density at radius 1 is 1.32 bits per heavy atom. The predicted molar refractivity (Wildman–Crippen MR) is 103 cm³/mol. The molecule has 1 saturated heterocycles. The molecule has 8 nitrogen and oxygen atoms in total. The quantitative estimate of drug-likeness (QED) is 0.727. The number of piperidine rings is 1. The largest absolute Gasteiger partial charge is 0.485 e. The minimum absolute atomic E-state index is 0.0525. The van der Waals surface area contributed by atoms with Gasteiger partial charge in [0.1, 0.15) is 18.7 Å². The average molecular weight is 383 g/mol. The maximum Gasteiger partial charge on any atom is 0.271 e. The van der Waals surface area contributed by atoms with E-state index in [0.29, 0.717) is 25.4 Å². The van der Waals surface area contributed by atoms with Gasteiger partial charge >= 0.3 is 0 Å². The lowest BCUT2D eigenvalue weighted by Gasteiger charge is -2.31. The lowest BCUT2D eigenvalue weighted by atomic mass is 9.97. The fourth-order valence-corrected chi connectivity index (χ4v) is 3.91. The van der Waals surface area contributed by atoms with Crippen LogP contribution in [0.1, 0.15) is 35.4 Å². The number of imidazole rings is 1. The Morgan fingerprint density at radius 3 is 3.04 bits per heavy atom. The van der Waals surface area contributed by atoms with Crippen molar-refractivity contribution in [2.45, 2.75) is 25.9 Å². The number of fused-ring (bicyclic) bond motifs is 3. The number of ether oxygens (including phenoxy) is 1. The molecular weight excluding hydrogens is 358 g/mol. The third-order valence-electron chi connectivity index (χ3n) is 5.42. The number of aromatic nitrogens is 2. The lowest BCUT2D eigenvalue weighted by molar-refractivity contribution is -0.123. The fourth-order valence-electron chi connectivity index (χ4n) is 3.91. The summed E-state index contributed by atoms with van der Waals surface area (Å²) in [6.45, 7) is 3.40. The van der Waals surface area contributed by atoms with Crippen molar-refractivity contribution in [3.8, 4) is 11.4 Å². The van der Waals surface area contributed by atoms with E-state index < -0.39 is 0 Å². The summed E-state index contributed by atoms with van der Waals surface area (Å²) in [6.07, 6.45) is 4.34. The molecule has 1 aromatic carbocycles. The molecule has 0 bridgehead atoms. The van der Waals surface area contributed by atoms with Crippen molar-refractivity contribution in [2.75, 3.05) is 26.2 Å². The van der Waals surface area contributed by atoms with Crippen LogP contribution in [-0.2, 0) is 11.4 Å². The smallest absolute Gasteiger partial charge is 0.271 e. The number of amides is 2. The van der Waals surface area contributed by atoms with E-state index in [9.17, 15) is 9.59 Å².